The Balaban J connectivity index is 1.74. The van der Waals surface area contributed by atoms with E-state index in [-0.39, 0.29) is 18.0 Å². The van der Waals surface area contributed by atoms with E-state index in [4.69, 9.17) is 9.47 Å². The quantitative estimate of drug-likeness (QED) is 0.836. The molecule has 134 valence electrons. The second kappa shape index (κ2) is 5.60. The molecular formula is C21H26O4. The molecule has 4 atom stereocenters. The molecule has 0 aromatic heterocycles. The van der Waals surface area contributed by atoms with E-state index in [9.17, 15) is 9.90 Å². The van der Waals surface area contributed by atoms with E-state index in [0.29, 0.717) is 6.42 Å². The Hall–Kier alpha value is -1.81. The molecule has 1 aromatic rings. The maximum atomic E-state index is 11.7. The fourth-order valence-corrected chi connectivity index (χ4v) is 5.40. The topological polar surface area (TPSA) is 55.8 Å². The summed E-state index contributed by atoms with van der Waals surface area (Å²) in [7, 11) is 1.69. The number of aliphatic hydroxyl groups is 1. The maximum Gasteiger partial charge on any atom is 0.302 e. The molecule has 3 aliphatic carbocycles. The van der Waals surface area contributed by atoms with Crippen molar-refractivity contribution in [2.24, 2.45) is 11.3 Å². The number of fused-ring (bicyclic) bond motifs is 5. The van der Waals surface area contributed by atoms with Crippen molar-refractivity contribution >= 4 is 11.5 Å². The molecule has 0 spiro atoms. The number of methoxy groups -OCH3 is 1. The van der Waals surface area contributed by atoms with Gasteiger partial charge in [-0.05, 0) is 60.9 Å². The zero-order valence-electron chi connectivity index (χ0n) is 15.2. The number of esters is 1. The number of ether oxygens (including phenoxy) is 2. The number of hydrogen-bond donors (Lipinski definition) is 1. The van der Waals surface area contributed by atoms with Crippen molar-refractivity contribution in [3.8, 4) is 5.75 Å². The number of hydrogen-bond acceptors (Lipinski definition) is 4. The molecule has 4 rings (SSSR count). The highest BCUT2D eigenvalue weighted by Crippen LogP contribution is 2.61. The van der Waals surface area contributed by atoms with Crippen LogP contribution < -0.4 is 4.74 Å². The average Bonchev–Trinajstić information content (AvgIpc) is 2.85. The number of carbonyl (C=O) groups is 1. The van der Waals surface area contributed by atoms with Crippen molar-refractivity contribution in [2.75, 3.05) is 7.11 Å². The third-order valence-electron chi connectivity index (χ3n) is 6.82. The van der Waals surface area contributed by atoms with Crippen LogP contribution in [0, 0.1) is 11.3 Å². The molecule has 0 bridgehead atoms. The van der Waals surface area contributed by atoms with Gasteiger partial charge in [0.1, 0.15) is 11.9 Å². The molecule has 3 aliphatic rings. The molecule has 4 unspecified atom stereocenters. The largest absolute Gasteiger partial charge is 0.497 e. The second-order valence-electron chi connectivity index (χ2n) is 7.96. The molecule has 1 fully saturated rings. The number of benzene rings is 1. The Bertz CT molecular complexity index is 752. The molecule has 1 saturated carbocycles. The summed E-state index contributed by atoms with van der Waals surface area (Å²) < 4.78 is 10.9. The van der Waals surface area contributed by atoms with Gasteiger partial charge in [0.2, 0.25) is 0 Å². The van der Waals surface area contributed by atoms with Crippen molar-refractivity contribution in [3.05, 3.63) is 35.4 Å². The van der Waals surface area contributed by atoms with Crippen LogP contribution in [0.15, 0.2) is 24.3 Å². The molecule has 1 aromatic carbocycles. The van der Waals surface area contributed by atoms with E-state index in [1.807, 2.05) is 6.07 Å². The Morgan fingerprint density at radius 1 is 1.32 bits per heavy atom. The van der Waals surface area contributed by atoms with Crippen LogP contribution in [0.25, 0.3) is 5.57 Å². The first-order valence-corrected chi connectivity index (χ1v) is 9.16. The molecule has 4 heteroatoms. The maximum absolute atomic E-state index is 11.7. The average molecular weight is 342 g/mol. The van der Waals surface area contributed by atoms with Crippen molar-refractivity contribution in [2.45, 2.75) is 57.7 Å². The van der Waals surface area contributed by atoms with Gasteiger partial charge in [-0.25, -0.2) is 0 Å². The van der Waals surface area contributed by atoms with Crippen LogP contribution in [-0.2, 0) is 16.0 Å². The van der Waals surface area contributed by atoms with E-state index >= 15 is 0 Å². The zero-order chi connectivity index (χ0) is 17.8. The Morgan fingerprint density at radius 3 is 2.84 bits per heavy atom. The third-order valence-corrected chi connectivity index (χ3v) is 6.82. The SMILES string of the molecule is COc1ccc2c(c1)CCC1C2=CCC2(C)C(OC(C)=O)CCC12O. The van der Waals surface area contributed by atoms with Crippen LogP contribution in [0.2, 0.25) is 0 Å². The van der Waals surface area contributed by atoms with Crippen molar-refractivity contribution < 1.29 is 19.4 Å². The van der Waals surface area contributed by atoms with Gasteiger partial charge in [0.25, 0.3) is 0 Å². The van der Waals surface area contributed by atoms with Gasteiger partial charge in [0.15, 0.2) is 0 Å². The minimum Gasteiger partial charge on any atom is -0.497 e. The van der Waals surface area contributed by atoms with Gasteiger partial charge in [0, 0.05) is 18.3 Å². The minimum atomic E-state index is -0.811. The van der Waals surface area contributed by atoms with E-state index in [1.54, 1.807) is 7.11 Å². The predicted octanol–water partition coefficient (Wildman–Crippen LogP) is 3.51. The van der Waals surface area contributed by atoms with E-state index in [2.05, 4.69) is 25.1 Å². The lowest BCUT2D eigenvalue weighted by atomic mass is 9.57. The number of allylic oxidation sites excluding steroid dienone is 1. The van der Waals surface area contributed by atoms with Gasteiger partial charge in [0.05, 0.1) is 12.7 Å². The molecule has 1 N–H and O–H groups in total. The van der Waals surface area contributed by atoms with Crippen LogP contribution in [-0.4, -0.2) is 29.9 Å². The fraction of sp³-hybridized carbons (Fsp3) is 0.571. The van der Waals surface area contributed by atoms with Gasteiger partial charge >= 0.3 is 5.97 Å². The van der Waals surface area contributed by atoms with Crippen LogP contribution in [0.5, 0.6) is 5.75 Å². The van der Waals surface area contributed by atoms with Crippen LogP contribution >= 0.6 is 0 Å². The fourth-order valence-electron chi connectivity index (χ4n) is 5.40. The lowest BCUT2D eigenvalue weighted by Crippen LogP contribution is -2.55. The smallest absolute Gasteiger partial charge is 0.302 e. The number of rotatable bonds is 2. The van der Waals surface area contributed by atoms with Gasteiger partial charge in [-0.3, -0.25) is 4.79 Å². The summed E-state index contributed by atoms with van der Waals surface area (Å²) in [5.41, 5.74) is 2.57. The Morgan fingerprint density at radius 2 is 2.12 bits per heavy atom. The molecule has 0 saturated heterocycles. The van der Waals surface area contributed by atoms with E-state index < -0.39 is 11.0 Å². The van der Waals surface area contributed by atoms with E-state index in [0.717, 1.165) is 31.4 Å². The third kappa shape index (κ3) is 2.27. The van der Waals surface area contributed by atoms with Crippen LogP contribution in [0.3, 0.4) is 0 Å². The summed E-state index contributed by atoms with van der Waals surface area (Å²) in [6.45, 7) is 3.54. The highest BCUT2D eigenvalue weighted by molar-refractivity contribution is 5.75. The molecule has 4 nitrogen and oxygen atoms in total. The van der Waals surface area contributed by atoms with Crippen molar-refractivity contribution in [1.82, 2.24) is 0 Å². The van der Waals surface area contributed by atoms with Crippen LogP contribution in [0.1, 0.15) is 50.7 Å². The van der Waals surface area contributed by atoms with Gasteiger partial charge in [-0.1, -0.05) is 19.1 Å². The van der Waals surface area contributed by atoms with Crippen molar-refractivity contribution in [1.29, 1.82) is 0 Å². The zero-order valence-corrected chi connectivity index (χ0v) is 15.2. The first-order chi connectivity index (χ1) is 11.9. The summed E-state index contributed by atoms with van der Waals surface area (Å²) in [4.78, 5) is 11.5. The first kappa shape index (κ1) is 16.6. The normalized spacial score (nSPS) is 35.9. The highest BCUT2D eigenvalue weighted by Gasteiger charge is 2.63. The summed E-state index contributed by atoms with van der Waals surface area (Å²) in [5, 5.41) is 11.7. The van der Waals surface area contributed by atoms with Crippen molar-refractivity contribution in [3.63, 3.8) is 0 Å². The minimum absolute atomic E-state index is 0.104. The summed E-state index contributed by atoms with van der Waals surface area (Å²) in [6.07, 6.45) is 6.08. The molecule has 0 aliphatic heterocycles. The second-order valence-corrected chi connectivity index (χ2v) is 7.96. The highest BCUT2D eigenvalue weighted by atomic mass is 16.5. The molecule has 0 heterocycles. The number of aryl methyl sites for hydroxylation is 1. The summed E-state index contributed by atoms with van der Waals surface area (Å²) in [6, 6.07) is 6.23. The Kier molecular flexibility index (Phi) is 3.73. The predicted molar refractivity (Wildman–Crippen MR) is 95.2 cm³/mol. The Labute approximate surface area is 148 Å². The number of carbonyl (C=O) groups excluding carboxylic acids is 1. The van der Waals surface area contributed by atoms with E-state index in [1.165, 1.54) is 23.6 Å². The van der Waals surface area contributed by atoms with Gasteiger partial charge < -0.3 is 14.6 Å². The molecular weight excluding hydrogens is 316 g/mol. The molecule has 0 radical (unpaired) electrons. The first-order valence-electron chi connectivity index (χ1n) is 9.16. The molecule has 0 amide bonds. The summed E-state index contributed by atoms with van der Waals surface area (Å²) >= 11 is 0. The lowest BCUT2D eigenvalue weighted by Gasteiger charge is -2.51. The van der Waals surface area contributed by atoms with Gasteiger partial charge in [-0.2, -0.15) is 0 Å². The lowest BCUT2D eigenvalue weighted by molar-refractivity contribution is -0.164. The molecule has 25 heavy (non-hydrogen) atoms. The monoisotopic (exact) mass is 342 g/mol. The van der Waals surface area contributed by atoms with Crippen LogP contribution in [0.4, 0.5) is 0 Å². The standard InChI is InChI=1S/C21H26O4/c1-13(22)25-19-9-11-21(23)18-7-4-14-12-15(24-3)5-6-16(14)17(18)8-10-20(19,21)2/h5-6,8,12,18-19,23H,4,7,9-11H2,1-3H3. The summed E-state index contributed by atoms with van der Waals surface area (Å²) in [5.74, 6) is 0.729. The van der Waals surface area contributed by atoms with Gasteiger partial charge in [-0.15, -0.1) is 0 Å².